The summed E-state index contributed by atoms with van der Waals surface area (Å²) in [4.78, 5) is 14.9. The summed E-state index contributed by atoms with van der Waals surface area (Å²) in [5.41, 5.74) is 11.8. The first-order valence-corrected chi connectivity index (χ1v) is 6.61. The third-order valence-electron chi connectivity index (χ3n) is 3.46. The zero-order valence-electron chi connectivity index (χ0n) is 10.6. The summed E-state index contributed by atoms with van der Waals surface area (Å²) < 4.78 is 0. The lowest BCUT2D eigenvalue weighted by Gasteiger charge is -2.02. The van der Waals surface area contributed by atoms with E-state index in [1.54, 1.807) is 0 Å². The van der Waals surface area contributed by atoms with E-state index >= 15 is 0 Å². The van der Waals surface area contributed by atoms with Crippen molar-refractivity contribution in [2.75, 3.05) is 0 Å². The Bertz CT molecular complexity index is 470. The van der Waals surface area contributed by atoms with Crippen molar-refractivity contribution in [3.05, 3.63) is 40.9 Å². The maximum Gasteiger partial charge on any atom is 0.334 e. The number of aryl methyl sites for hydroxylation is 2. The Hall–Kier alpha value is -1.73. The lowest BCUT2D eigenvalue weighted by atomic mass is 10.0. The second kappa shape index (κ2) is 6.27. The van der Waals surface area contributed by atoms with E-state index in [1.807, 2.05) is 0 Å². The van der Waals surface area contributed by atoms with Gasteiger partial charge in [-0.05, 0) is 43.2 Å². The largest absolute Gasteiger partial charge is 0.361 e. The van der Waals surface area contributed by atoms with E-state index < -0.39 is 0 Å². The average molecular weight is 242 g/mol. The van der Waals surface area contributed by atoms with Crippen LogP contribution in [-0.2, 0) is 17.6 Å². The van der Waals surface area contributed by atoms with Gasteiger partial charge in [-0.25, -0.2) is 0 Å². The van der Waals surface area contributed by atoms with Gasteiger partial charge in [0.1, 0.15) is 0 Å². The van der Waals surface area contributed by atoms with Crippen molar-refractivity contribution in [3.8, 4) is 0 Å². The number of hydrogen-bond acceptors (Lipinski definition) is 1. The summed E-state index contributed by atoms with van der Waals surface area (Å²) in [5, 5.41) is 0. The molecule has 0 fully saturated rings. The quantitative estimate of drug-likeness (QED) is 0.509. The molecule has 1 aromatic carbocycles. The number of nitrogens with zero attached hydrogens (tertiary/aromatic N) is 2. The number of benzene rings is 1. The zero-order chi connectivity index (χ0) is 12.8. The molecule has 0 atom stereocenters. The van der Waals surface area contributed by atoms with Crippen LogP contribution in [0.2, 0.25) is 0 Å². The van der Waals surface area contributed by atoms with E-state index in [4.69, 9.17) is 5.53 Å². The van der Waals surface area contributed by atoms with Gasteiger partial charge >= 0.3 is 5.71 Å². The van der Waals surface area contributed by atoms with Crippen molar-refractivity contribution >= 4 is 11.5 Å². The van der Waals surface area contributed by atoms with Gasteiger partial charge in [-0.3, -0.25) is 4.79 Å². The molecule has 3 heteroatoms. The lowest BCUT2D eigenvalue weighted by Crippen LogP contribution is -2.15. The van der Waals surface area contributed by atoms with E-state index in [9.17, 15) is 4.79 Å². The van der Waals surface area contributed by atoms with E-state index in [0.29, 0.717) is 18.6 Å². The van der Waals surface area contributed by atoms with Gasteiger partial charge in [-0.1, -0.05) is 24.3 Å². The highest BCUT2D eigenvalue weighted by Gasteiger charge is 2.19. The molecular formula is C15H18N2O. The van der Waals surface area contributed by atoms with Crippen molar-refractivity contribution in [1.82, 2.24) is 0 Å². The predicted molar refractivity (Wildman–Crippen MR) is 70.6 cm³/mol. The maximum absolute atomic E-state index is 11.8. The summed E-state index contributed by atoms with van der Waals surface area (Å²) in [7, 11) is 0. The molecule has 0 aliphatic heterocycles. The van der Waals surface area contributed by atoms with Gasteiger partial charge in [0, 0.05) is 6.42 Å². The van der Waals surface area contributed by atoms with Gasteiger partial charge in [0.25, 0.3) is 0 Å². The molecule has 18 heavy (non-hydrogen) atoms. The summed E-state index contributed by atoms with van der Waals surface area (Å²) >= 11 is 0. The van der Waals surface area contributed by atoms with Crippen LogP contribution >= 0.6 is 0 Å². The Kier molecular flexibility index (Phi) is 4.43. The van der Waals surface area contributed by atoms with Crippen LogP contribution in [0.3, 0.4) is 0 Å². The zero-order valence-corrected chi connectivity index (χ0v) is 10.6. The predicted octanol–water partition coefficient (Wildman–Crippen LogP) is 2.98. The van der Waals surface area contributed by atoms with Gasteiger partial charge in [-0.15, -0.1) is 0 Å². The molecule has 0 N–H and O–H groups in total. The minimum absolute atomic E-state index is 0.0000113. The van der Waals surface area contributed by atoms with Crippen LogP contribution in [0, 0.1) is 0 Å². The molecule has 2 aliphatic carbocycles. The Morgan fingerprint density at radius 2 is 1.39 bits per heavy atom. The Morgan fingerprint density at radius 1 is 0.833 bits per heavy atom. The first kappa shape index (κ1) is 12.7. The highest BCUT2D eigenvalue weighted by atomic mass is 16.1. The summed E-state index contributed by atoms with van der Waals surface area (Å²) in [6, 6.07) is 8.67. The SMILES string of the molecule is [N-]=[N+]=C1CCCc2ccc(cc2)CCCCC1=O. The molecule has 0 unspecified atom stereocenters. The van der Waals surface area contributed by atoms with Crippen molar-refractivity contribution in [3.63, 3.8) is 0 Å². The fraction of sp³-hybridized carbons (Fsp3) is 0.467. The van der Waals surface area contributed by atoms with Crippen LogP contribution < -0.4 is 0 Å². The van der Waals surface area contributed by atoms with Gasteiger partial charge in [-0.2, -0.15) is 4.79 Å². The molecule has 2 aliphatic rings. The molecule has 0 heterocycles. The van der Waals surface area contributed by atoms with Crippen LogP contribution in [0.5, 0.6) is 0 Å². The molecule has 0 radical (unpaired) electrons. The Balaban J connectivity index is 2.11. The lowest BCUT2D eigenvalue weighted by molar-refractivity contribution is -0.117. The first-order valence-electron chi connectivity index (χ1n) is 6.61. The molecule has 3 nitrogen and oxygen atoms in total. The van der Waals surface area contributed by atoms with E-state index in [2.05, 4.69) is 29.1 Å². The van der Waals surface area contributed by atoms with E-state index in [1.165, 1.54) is 11.1 Å². The van der Waals surface area contributed by atoms with Crippen molar-refractivity contribution in [2.45, 2.75) is 44.9 Å². The third-order valence-corrected chi connectivity index (χ3v) is 3.46. The van der Waals surface area contributed by atoms with Crippen LogP contribution in [0.1, 0.15) is 43.2 Å². The highest BCUT2D eigenvalue weighted by Crippen LogP contribution is 2.13. The average Bonchev–Trinajstić information content (AvgIpc) is 2.42. The molecule has 0 saturated heterocycles. The molecule has 0 saturated carbocycles. The monoisotopic (exact) mass is 242 g/mol. The molecule has 2 bridgehead atoms. The molecule has 3 rings (SSSR count). The van der Waals surface area contributed by atoms with Crippen LogP contribution in [0.25, 0.3) is 5.53 Å². The third kappa shape index (κ3) is 3.38. The van der Waals surface area contributed by atoms with Crippen LogP contribution in [-0.4, -0.2) is 16.3 Å². The molecule has 0 spiro atoms. The van der Waals surface area contributed by atoms with Crippen LogP contribution in [0.15, 0.2) is 24.3 Å². The molecule has 0 amide bonds. The smallest absolute Gasteiger partial charge is 0.334 e. The minimum atomic E-state index is 0.0000113. The number of rotatable bonds is 0. The highest BCUT2D eigenvalue weighted by molar-refractivity contribution is 6.37. The molecule has 1 aromatic rings. The Labute approximate surface area is 107 Å². The van der Waals surface area contributed by atoms with Gasteiger partial charge in [0.05, 0.1) is 6.42 Å². The summed E-state index contributed by atoms with van der Waals surface area (Å²) in [5.74, 6) is 0.0000113. The topological polar surface area (TPSA) is 53.5 Å². The number of carbonyl (C=O) groups is 1. The van der Waals surface area contributed by atoms with E-state index in [-0.39, 0.29) is 5.78 Å². The Morgan fingerprint density at radius 3 is 2.00 bits per heavy atom. The molecule has 0 aromatic heterocycles. The number of fused-ring (bicyclic) bond motifs is 10. The summed E-state index contributed by atoms with van der Waals surface area (Å²) in [6.07, 6.45) is 5.72. The number of Topliss-reactive ketones (excluding diaryl/α,β-unsaturated/α-hetero) is 1. The fourth-order valence-corrected chi connectivity index (χ4v) is 2.34. The second-order valence-electron chi connectivity index (χ2n) is 4.85. The normalized spacial score (nSPS) is 17.6. The number of ketones is 1. The molecular weight excluding hydrogens is 224 g/mol. The van der Waals surface area contributed by atoms with Gasteiger partial charge in [0.15, 0.2) is 0 Å². The first-order chi connectivity index (χ1) is 8.79. The summed E-state index contributed by atoms with van der Waals surface area (Å²) in [6.45, 7) is 0. The van der Waals surface area contributed by atoms with E-state index in [0.717, 1.165) is 32.1 Å². The van der Waals surface area contributed by atoms with Crippen molar-refractivity contribution < 1.29 is 9.58 Å². The number of hydrogen-bond donors (Lipinski definition) is 0. The minimum Gasteiger partial charge on any atom is -0.361 e. The van der Waals surface area contributed by atoms with Crippen molar-refractivity contribution in [1.29, 1.82) is 0 Å². The fourth-order valence-electron chi connectivity index (χ4n) is 2.34. The number of carbonyl (C=O) groups excluding carboxylic acids is 1. The second-order valence-corrected chi connectivity index (χ2v) is 4.85. The van der Waals surface area contributed by atoms with Gasteiger partial charge < -0.3 is 5.53 Å². The van der Waals surface area contributed by atoms with Gasteiger partial charge in [0.2, 0.25) is 5.78 Å². The van der Waals surface area contributed by atoms with Crippen LogP contribution in [0.4, 0.5) is 0 Å². The standard InChI is InChI=1S/C15H18N2O/c16-17-14-6-3-5-13-10-8-12(9-11-13)4-1-2-7-15(14)18/h8-11H,1-7H2. The maximum atomic E-state index is 11.8. The molecule has 94 valence electrons. The van der Waals surface area contributed by atoms with Crippen molar-refractivity contribution in [2.24, 2.45) is 0 Å².